The Hall–Kier alpha value is 0.571. The summed E-state index contributed by atoms with van der Waals surface area (Å²) in [5, 5.41) is 0.577. The Morgan fingerprint density at radius 2 is 0.882 bits per heavy atom. The smallest absolute Gasteiger partial charge is 0.283 e. The van der Waals surface area contributed by atoms with Crippen molar-refractivity contribution in [2.24, 2.45) is 0 Å². The SMILES string of the molecule is CC(C)(C)[Si](C)(C)O[SiH2]O[Si](C)(C)C(C)(C)C. The van der Waals surface area contributed by atoms with E-state index in [1.54, 1.807) is 0 Å². The van der Waals surface area contributed by atoms with Gasteiger partial charge in [0.05, 0.1) is 0 Å². The lowest BCUT2D eigenvalue weighted by atomic mass is 10.2. The molecule has 0 fully saturated rings. The van der Waals surface area contributed by atoms with E-state index in [9.17, 15) is 0 Å². The summed E-state index contributed by atoms with van der Waals surface area (Å²) < 4.78 is 12.4. The molecule has 0 amide bonds. The highest BCUT2D eigenvalue weighted by atomic mass is 28.4. The van der Waals surface area contributed by atoms with Gasteiger partial charge in [0, 0.05) is 0 Å². The van der Waals surface area contributed by atoms with Gasteiger partial charge in [0.1, 0.15) is 0 Å². The summed E-state index contributed by atoms with van der Waals surface area (Å²) in [4.78, 5) is 0. The fourth-order valence-corrected chi connectivity index (χ4v) is 7.34. The highest BCUT2D eigenvalue weighted by Crippen LogP contribution is 2.38. The van der Waals surface area contributed by atoms with Gasteiger partial charge in [0.2, 0.25) is 0 Å². The van der Waals surface area contributed by atoms with Gasteiger partial charge in [-0.3, -0.25) is 0 Å². The van der Waals surface area contributed by atoms with Crippen molar-refractivity contribution in [3.8, 4) is 0 Å². The Morgan fingerprint density at radius 1 is 0.647 bits per heavy atom. The summed E-state index contributed by atoms with van der Waals surface area (Å²) in [5.41, 5.74) is 0. The van der Waals surface area contributed by atoms with Crippen LogP contribution >= 0.6 is 0 Å². The minimum absolute atomic E-state index is 0.288. The number of hydrogen-bond donors (Lipinski definition) is 0. The molecule has 0 unspecified atom stereocenters. The van der Waals surface area contributed by atoms with Crippen molar-refractivity contribution in [2.75, 3.05) is 0 Å². The molecule has 0 bridgehead atoms. The lowest BCUT2D eigenvalue weighted by Crippen LogP contribution is -2.47. The van der Waals surface area contributed by atoms with E-state index in [-0.39, 0.29) is 10.1 Å². The van der Waals surface area contributed by atoms with E-state index in [1.807, 2.05) is 0 Å². The first-order chi connectivity index (χ1) is 7.21. The van der Waals surface area contributed by atoms with Gasteiger partial charge in [0.25, 0.3) is 10.0 Å². The van der Waals surface area contributed by atoms with E-state index in [0.717, 1.165) is 0 Å². The average molecular weight is 293 g/mol. The van der Waals surface area contributed by atoms with Crippen molar-refractivity contribution in [1.82, 2.24) is 0 Å². The molecule has 0 aromatic carbocycles. The molecule has 0 aromatic rings. The predicted octanol–water partition coefficient (Wildman–Crippen LogP) is 4.03. The van der Waals surface area contributed by atoms with E-state index in [2.05, 4.69) is 67.7 Å². The van der Waals surface area contributed by atoms with Gasteiger partial charge in [-0.15, -0.1) is 0 Å². The zero-order valence-corrected chi connectivity index (χ0v) is 16.9. The van der Waals surface area contributed by atoms with Crippen molar-refractivity contribution >= 4 is 26.6 Å². The first-order valence-electron chi connectivity index (χ1n) is 6.49. The van der Waals surface area contributed by atoms with Crippen molar-refractivity contribution in [1.29, 1.82) is 0 Å². The third kappa shape index (κ3) is 4.98. The standard InChI is InChI=1S/C12H32O2Si3/c1-11(2,3)16(7,8)13-15-14-17(9,10)12(4,5)6/h15H2,1-10H3. The van der Waals surface area contributed by atoms with Crippen LogP contribution in [0.5, 0.6) is 0 Å². The first-order valence-corrected chi connectivity index (χ1v) is 13.5. The maximum absolute atomic E-state index is 6.22. The molecule has 0 saturated carbocycles. The third-order valence-electron chi connectivity index (χ3n) is 4.45. The molecule has 0 radical (unpaired) electrons. The van der Waals surface area contributed by atoms with Crippen molar-refractivity contribution in [3.05, 3.63) is 0 Å². The maximum atomic E-state index is 6.22. The molecule has 0 heterocycles. The molecule has 0 aromatic heterocycles. The van der Waals surface area contributed by atoms with Crippen LogP contribution in [0, 0.1) is 0 Å². The molecule has 0 rings (SSSR count). The Balaban J connectivity index is 4.36. The highest BCUT2D eigenvalue weighted by Gasteiger charge is 2.40. The van der Waals surface area contributed by atoms with E-state index in [0.29, 0.717) is 0 Å². The van der Waals surface area contributed by atoms with Gasteiger partial charge >= 0.3 is 0 Å². The van der Waals surface area contributed by atoms with E-state index in [4.69, 9.17) is 8.23 Å². The molecule has 0 N–H and O–H groups in total. The molecule has 0 saturated heterocycles. The van der Waals surface area contributed by atoms with Crippen molar-refractivity contribution < 1.29 is 8.23 Å². The first kappa shape index (κ1) is 17.6. The normalized spacial score (nSPS) is 15.2. The second-order valence-electron chi connectivity index (χ2n) is 7.93. The van der Waals surface area contributed by atoms with E-state index in [1.165, 1.54) is 0 Å². The summed E-state index contributed by atoms with van der Waals surface area (Å²) in [6.07, 6.45) is 0. The Morgan fingerprint density at radius 3 is 1.06 bits per heavy atom. The Kier molecular flexibility index (Phi) is 5.46. The molecule has 2 nitrogen and oxygen atoms in total. The fraction of sp³-hybridized carbons (Fsp3) is 1.00. The van der Waals surface area contributed by atoms with Crippen LogP contribution in [0.1, 0.15) is 41.5 Å². The van der Waals surface area contributed by atoms with Crippen LogP contribution in [0.4, 0.5) is 0 Å². The second-order valence-corrected chi connectivity index (χ2v) is 19.5. The minimum Gasteiger partial charge on any atom is -0.440 e. The zero-order chi connectivity index (χ0) is 14.1. The molecule has 104 valence electrons. The summed E-state index contributed by atoms with van der Waals surface area (Å²) in [5.74, 6) is 0. The molecule has 5 heteroatoms. The zero-order valence-electron chi connectivity index (χ0n) is 13.5. The molecule has 0 spiro atoms. The summed E-state index contributed by atoms with van der Waals surface area (Å²) in [6.45, 7) is 22.9. The van der Waals surface area contributed by atoms with Gasteiger partial charge in [-0.2, -0.15) is 0 Å². The van der Waals surface area contributed by atoms with Gasteiger partial charge in [0.15, 0.2) is 16.6 Å². The monoisotopic (exact) mass is 292 g/mol. The summed E-state index contributed by atoms with van der Waals surface area (Å²) >= 11 is 0. The van der Waals surface area contributed by atoms with Crippen molar-refractivity contribution in [2.45, 2.75) is 77.8 Å². The molecule has 0 atom stereocenters. The third-order valence-corrected chi connectivity index (χ3v) is 18.4. The molecular weight excluding hydrogens is 260 g/mol. The summed E-state index contributed by atoms with van der Waals surface area (Å²) in [7, 11) is -4.04. The van der Waals surface area contributed by atoms with Gasteiger partial charge in [-0.05, 0) is 36.3 Å². The molecular formula is C12H32O2Si3. The Labute approximate surface area is 113 Å². The summed E-state index contributed by atoms with van der Waals surface area (Å²) in [6, 6.07) is 0. The number of rotatable bonds is 4. The molecule has 0 aliphatic heterocycles. The largest absolute Gasteiger partial charge is 0.440 e. The maximum Gasteiger partial charge on any atom is 0.283 e. The van der Waals surface area contributed by atoms with Gasteiger partial charge in [-0.1, -0.05) is 41.5 Å². The van der Waals surface area contributed by atoms with Gasteiger partial charge < -0.3 is 8.23 Å². The fourth-order valence-electron chi connectivity index (χ4n) is 0.757. The molecule has 17 heavy (non-hydrogen) atoms. The van der Waals surface area contributed by atoms with Crippen LogP contribution in [-0.4, -0.2) is 26.6 Å². The van der Waals surface area contributed by atoms with Crippen LogP contribution in [-0.2, 0) is 8.23 Å². The predicted molar refractivity (Wildman–Crippen MR) is 85.1 cm³/mol. The molecule has 0 aliphatic rings. The van der Waals surface area contributed by atoms with E-state index >= 15 is 0 Å². The second kappa shape index (κ2) is 5.29. The van der Waals surface area contributed by atoms with Crippen LogP contribution in [0.25, 0.3) is 0 Å². The van der Waals surface area contributed by atoms with Crippen molar-refractivity contribution in [3.63, 3.8) is 0 Å². The van der Waals surface area contributed by atoms with Crippen LogP contribution in [0.15, 0.2) is 0 Å². The lowest BCUT2D eigenvalue weighted by molar-refractivity contribution is 0.409. The highest BCUT2D eigenvalue weighted by molar-refractivity contribution is 6.80. The van der Waals surface area contributed by atoms with Crippen LogP contribution in [0.2, 0.25) is 36.3 Å². The number of hydrogen-bond acceptors (Lipinski definition) is 2. The van der Waals surface area contributed by atoms with Gasteiger partial charge in [-0.25, -0.2) is 0 Å². The average Bonchev–Trinajstić information content (AvgIpc) is 1.98. The van der Waals surface area contributed by atoms with Crippen LogP contribution in [0.3, 0.4) is 0 Å². The minimum atomic E-state index is -1.60. The molecule has 0 aliphatic carbocycles. The topological polar surface area (TPSA) is 18.5 Å². The van der Waals surface area contributed by atoms with E-state index < -0.39 is 26.6 Å². The lowest BCUT2D eigenvalue weighted by Gasteiger charge is -2.40. The quantitative estimate of drug-likeness (QED) is 0.728. The van der Waals surface area contributed by atoms with Crippen LogP contribution < -0.4 is 0 Å². The Bertz CT molecular complexity index is 223.